The van der Waals surface area contributed by atoms with Gasteiger partial charge in [-0.1, -0.05) is 20.3 Å². The molecule has 0 bridgehead atoms. The van der Waals surface area contributed by atoms with E-state index < -0.39 is 0 Å². The molecule has 0 aliphatic heterocycles. The van der Waals surface area contributed by atoms with E-state index in [1.54, 1.807) is 6.20 Å². The number of rotatable bonds is 7. The van der Waals surface area contributed by atoms with Gasteiger partial charge in [-0.2, -0.15) is 5.26 Å². The summed E-state index contributed by atoms with van der Waals surface area (Å²) in [7, 11) is 0. The smallest absolute Gasteiger partial charge is 0.263 e. The number of hydrogen-bond acceptors (Lipinski definition) is 3. The summed E-state index contributed by atoms with van der Waals surface area (Å²) >= 11 is 0. The Morgan fingerprint density at radius 1 is 1.26 bits per heavy atom. The SMILES string of the molecule is CCCCN(/C=C(/C#N)C(=O)NC(C)(C)C)CCC. The molecule has 0 aromatic carbocycles. The van der Waals surface area contributed by atoms with Gasteiger partial charge in [0.1, 0.15) is 11.6 Å². The van der Waals surface area contributed by atoms with Crippen LogP contribution < -0.4 is 5.32 Å². The highest BCUT2D eigenvalue weighted by Crippen LogP contribution is 2.05. The van der Waals surface area contributed by atoms with Crippen LogP contribution in [0.25, 0.3) is 0 Å². The lowest BCUT2D eigenvalue weighted by atomic mass is 10.1. The minimum atomic E-state index is -0.327. The van der Waals surface area contributed by atoms with Gasteiger partial charge in [-0.05, 0) is 33.6 Å². The standard InChI is InChI=1S/C15H27N3O/c1-6-8-10-18(9-7-2)12-13(11-16)14(19)17-15(3,4)5/h12H,6-10H2,1-5H3,(H,17,19)/b13-12-. The molecule has 1 amide bonds. The maximum absolute atomic E-state index is 12.0. The first-order valence-corrected chi connectivity index (χ1v) is 7.02. The van der Waals surface area contributed by atoms with Gasteiger partial charge in [0.15, 0.2) is 0 Å². The lowest BCUT2D eigenvalue weighted by molar-refractivity contribution is -0.118. The molecule has 0 aromatic rings. The molecule has 0 atom stereocenters. The van der Waals surface area contributed by atoms with Crippen molar-refractivity contribution in [1.29, 1.82) is 5.26 Å². The van der Waals surface area contributed by atoms with Gasteiger partial charge in [0.2, 0.25) is 0 Å². The molecule has 0 aliphatic carbocycles. The summed E-state index contributed by atoms with van der Waals surface area (Å²) in [6.07, 6.45) is 4.86. The van der Waals surface area contributed by atoms with Crippen molar-refractivity contribution in [3.8, 4) is 6.07 Å². The average molecular weight is 265 g/mol. The van der Waals surface area contributed by atoms with Gasteiger partial charge in [0.05, 0.1) is 0 Å². The van der Waals surface area contributed by atoms with Crippen LogP contribution >= 0.6 is 0 Å². The topological polar surface area (TPSA) is 56.1 Å². The Morgan fingerprint density at radius 2 is 1.89 bits per heavy atom. The number of nitriles is 1. The first-order valence-electron chi connectivity index (χ1n) is 7.02. The summed E-state index contributed by atoms with van der Waals surface area (Å²) in [6.45, 7) is 11.7. The van der Waals surface area contributed by atoms with E-state index in [1.165, 1.54) is 0 Å². The second kappa shape index (κ2) is 8.58. The van der Waals surface area contributed by atoms with Gasteiger partial charge < -0.3 is 10.2 Å². The predicted molar refractivity (Wildman–Crippen MR) is 78.4 cm³/mol. The first-order chi connectivity index (χ1) is 8.84. The summed E-state index contributed by atoms with van der Waals surface area (Å²) in [5.74, 6) is -0.299. The van der Waals surface area contributed by atoms with Crippen molar-refractivity contribution < 1.29 is 4.79 Å². The number of unbranched alkanes of at least 4 members (excludes halogenated alkanes) is 1. The second-order valence-corrected chi connectivity index (χ2v) is 5.75. The van der Waals surface area contributed by atoms with E-state index in [0.29, 0.717) is 0 Å². The Labute approximate surface area is 117 Å². The second-order valence-electron chi connectivity index (χ2n) is 5.75. The molecule has 1 N–H and O–H groups in total. The van der Waals surface area contributed by atoms with Gasteiger partial charge in [0.25, 0.3) is 5.91 Å². The van der Waals surface area contributed by atoms with E-state index in [-0.39, 0.29) is 17.0 Å². The number of nitrogens with zero attached hydrogens (tertiary/aromatic N) is 2. The minimum absolute atomic E-state index is 0.180. The average Bonchev–Trinajstić information content (AvgIpc) is 2.30. The van der Waals surface area contributed by atoms with Crippen LogP contribution in [0.5, 0.6) is 0 Å². The summed E-state index contributed by atoms with van der Waals surface area (Å²) < 4.78 is 0. The number of carbonyl (C=O) groups is 1. The van der Waals surface area contributed by atoms with Gasteiger partial charge in [-0.15, -0.1) is 0 Å². The summed E-state index contributed by atoms with van der Waals surface area (Å²) in [6, 6.07) is 2.00. The molecule has 0 unspecified atom stereocenters. The molecule has 0 saturated carbocycles. The fraction of sp³-hybridized carbons (Fsp3) is 0.733. The number of hydrogen-bond donors (Lipinski definition) is 1. The quantitative estimate of drug-likeness (QED) is 0.569. The van der Waals surface area contributed by atoms with E-state index in [9.17, 15) is 4.79 Å². The van der Waals surface area contributed by atoms with Gasteiger partial charge in [-0.3, -0.25) is 4.79 Å². The molecule has 4 heteroatoms. The van der Waals surface area contributed by atoms with Gasteiger partial charge in [-0.25, -0.2) is 0 Å². The lowest BCUT2D eigenvalue weighted by Gasteiger charge is -2.22. The molecular weight excluding hydrogens is 238 g/mol. The summed E-state index contributed by atoms with van der Waals surface area (Å²) in [4.78, 5) is 14.0. The van der Waals surface area contributed by atoms with Crippen LogP contribution in [-0.2, 0) is 4.79 Å². The lowest BCUT2D eigenvalue weighted by Crippen LogP contribution is -2.41. The van der Waals surface area contributed by atoms with Crippen molar-refractivity contribution >= 4 is 5.91 Å². The molecule has 0 radical (unpaired) electrons. The Balaban J connectivity index is 4.82. The van der Waals surface area contributed by atoms with Crippen molar-refractivity contribution in [3.05, 3.63) is 11.8 Å². The van der Waals surface area contributed by atoms with Crippen LogP contribution in [0, 0.1) is 11.3 Å². The number of amides is 1. The van der Waals surface area contributed by atoms with Crippen molar-refractivity contribution in [1.82, 2.24) is 10.2 Å². The highest BCUT2D eigenvalue weighted by atomic mass is 16.1. The summed E-state index contributed by atoms with van der Waals surface area (Å²) in [5, 5.41) is 11.9. The maximum Gasteiger partial charge on any atom is 0.263 e. The number of carbonyl (C=O) groups excluding carboxylic acids is 1. The predicted octanol–water partition coefficient (Wildman–Crippen LogP) is 2.82. The largest absolute Gasteiger partial charge is 0.376 e. The van der Waals surface area contributed by atoms with Crippen molar-refractivity contribution in [2.75, 3.05) is 13.1 Å². The van der Waals surface area contributed by atoms with E-state index in [1.807, 2.05) is 26.8 Å². The zero-order valence-electron chi connectivity index (χ0n) is 12.9. The third kappa shape index (κ3) is 8.25. The molecule has 4 nitrogen and oxygen atoms in total. The van der Waals surface area contributed by atoms with E-state index in [0.717, 1.165) is 32.4 Å². The molecule has 0 spiro atoms. The van der Waals surface area contributed by atoms with Crippen LogP contribution in [0.15, 0.2) is 11.8 Å². The fourth-order valence-corrected chi connectivity index (χ4v) is 1.62. The van der Waals surface area contributed by atoms with Crippen LogP contribution in [0.4, 0.5) is 0 Å². The van der Waals surface area contributed by atoms with Crippen LogP contribution in [-0.4, -0.2) is 29.4 Å². The van der Waals surface area contributed by atoms with Crippen molar-refractivity contribution in [2.45, 2.75) is 59.4 Å². The molecule has 0 heterocycles. The normalized spacial score (nSPS) is 11.9. The maximum atomic E-state index is 12.0. The molecule has 0 rings (SSSR count). The fourth-order valence-electron chi connectivity index (χ4n) is 1.62. The van der Waals surface area contributed by atoms with Crippen LogP contribution in [0.3, 0.4) is 0 Å². The molecule has 0 aromatic heterocycles. The zero-order valence-corrected chi connectivity index (χ0v) is 12.9. The Bertz CT molecular complexity index is 347. The molecule has 108 valence electrons. The first kappa shape index (κ1) is 17.5. The summed E-state index contributed by atoms with van der Waals surface area (Å²) in [5.41, 5.74) is -0.147. The van der Waals surface area contributed by atoms with Crippen molar-refractivity contribution in [2.24, 2.45) is 0 Å². The highest BCUT2D eigenvalue weighted by Gasteiger charge is 2.17. The molecule has 0 saturated heterocycles. The third-order valence-corrected chi connectivity index (χ3v) is 2.47. The Kier molecular flexibility index (Phi) is 7.90. The monoisotopic (exact) mass is 265 g/mol. The van der Waals surface area contributed by atoms with E-state index >= 15 is 0 Å². The van der Waals surface area contributed by atoms with Gasteiger partial charge >= 0.3 is 0 Å². The van der Waals surface area contributed by atoms with E-state index in [2.05, 4.69) is 24.1 Å². The molecule has 19 heavy (non-hydrogen) atoms. The minimum Gasteiger partial charge on any atom is -0.376 e. The Morgan fingerprint density at radius 3 is 2.32 bits per heavy atom. The zero-order chi connectivity index (χ0) is 14.9. The van der Waals surface area contributed by atoms with Crippen LogP contribution in [0.2, 0.25) is 0 Å². The highest BCUT2D eigenvalue weighted by molar-refractivity contribution is 5.97. The third-order valence-electron chi connectivity index (χ3n) is 2.47. The Hall–Kier alpha value is -1.50. The number of nitrogens with one attached hydrogen (secondary N) is 1. The molecular formula is C15H27N3O. The molecule has 0 aliphatic rings. The van der Waals surface area contributed by atoms with E-state index in [4.69, 9.17) is 5.26 Å². The van der Waals surface area contributed by atoms with Crippen molar-refractivity contribution in [3.63, 3.8) is 0 Å². The van der Waals surface area contributed by atoms with Gasteiger partial charge in [0, 0.05) is 24.8 Å². The van der Waals surface area contributed by atoms with Crippen LogP contribution in [0.1, 0.15) is 53.9 Å². The molecule has 0 fully saturated rings.